The number of carbonyl (C=O) groups is 2. The molecule has 0 radical (unpaired) electrons. The molecule has 0 saturated heterocycles. The first-order valence-electron chi connectivity index (χ1n) is 5.81. The zero-order chi connectivity index (χ0) is 16.0. The molecule has 2 N–H and O–H groups in total. The van der Waals surface area contributed by atoms with E-state index < -0.39 is 33.8 Å². The summed E-state index contributed by atoms with van der Waals surface area (Å²) < 4.78 is 30.0. The predicted molar refractivity (Wildman–Crippen MR) is 75.4 cm³/mol. The largest absolute Gasteiger partial charge is 0.480 e. The lowest BCUT2D eigenvalue weighted by Gasteiger charge is -2.16. The third-order valence-corrected chi connectivity index (χ3v) is 4.24. The first-order chi connectivity index (χ1) is 9.76. The first kappa shape index (κ1) is 17.4. The number of carbonyl (C=O) groups excluding carboxylic acids is 1. The van der Waals surface area contributed by atoms with Crippen molar-refractivity contribution in [2.75, 3.05) is 12.9 Å². The summed E-state index contributed by atoms with van der Waals surface area (Å²) in [5.74, 6) is -2.68. The highest BCUT2D eigenvalue weighted by atomic mass is 35.5. The molecule has 1 rings (SSSR count). The lowest BCUT2D eigenvalue weighted by Crippen LogP contribution is -2.36. The van der Waals surface area contributed by atoms with Crippen LogP contribution in [0, 0.1) is 0 Å². The topological polar surface area (TPSA) is 110 Å². The van der Waals surface area contributed by atoms with Crippen LogP contribution < -0.4 is 4.72 Å². The quantitative estimate of drug-likeness (QED) is 0.718. The number of halogens is 1. The molecule has 0 bridgehead atoms. The van der Waals surface area contributed by atoms with Gasteiger partial charge in [0.05, 0.1) is 19.3 Å². The Morgan fingerprint density at radius 3 is 2.52 bits per heavy atom. The zero-order valence-electron chi connectivity index (χ0n) is 11.1. The van der Waals surface area contributed by atoms with E-state index in [0.717, 1.165) is 7.11 Å². The van der Waals surface area contributed by atoms with Crippen molar-refractivity contribution < 1.29 is 27.9 Å². The Labute approximate surface area is 126 Å². The number of hydrogen-bond acceptors (Lipinski definition) is 5. The van der Waals surface area contributed by atoms with E-state index in [1.165, 1.54) is 12.1 Å². The van der Waals surface area contributed by atoms with Gasteiger partial charge in [-0.05, 0) is 11.6 Å². The smallest absolute Gasteiger partial charge is 0.326 e. The van der Waals surface area contributed by atoms with Crippen molar-refractivity contribution in [2.24, 2.45) is 0 Å². The molecule has 116 valence electrons. The Morgan fingerprint density at radius 2 is 2.00 bits per heavy atom. The van der Waals surface area contributed by atoms with Gasteiger partial charge in [-0.3, -0.25) is 9.59 Å². The first-order valence-corrected chi connectivity index (χ1v) is 7.84. The van der Waals surface area contributed by atoms with Crippen LogP contribution in [0.3, 0.4) is 0 Å². The molecular formula is C12H14ClNO6S. The molecule has 0 aliphatic rings. The number of hydrogen-bond donors (Lipinski definition) is 2. The third kappa shape index (κ3) is 5.33. The molecule has 1 aromatic carbocycles. The lowest BCUT2D eigenvalue weighted by atomic mass is 10.1. The Morgan fingerprint density at radius 1 is 1.38 bits per heavy atom. The molecule has 0 aromatic heterocycles. The molecule has 0 saturated carbocycles. The average molecular weight is 336 g/mol. The second kappa shape index (κ2) is 7.39. The van der Waals surface area contributed by atoms with Crippen LogP contribution in [0.25, 0.3) is 0 Å². The van der Waals surface area contributed by atoms with E-state index in [1.54, 1.807) is 12.1 Å². The van der Waals surface area contributed by atoms with Gasteiger partial charge in [-0.1, -0.05) is 29.8 Å². The number of carboxylic acids is 1. The van der Waals surface area contributed by atoms with Gasteiger partial charge in [0, 0.05) is 5.02 Å². The van der Waals surface area contributed by atoms with E-state index in [-0.39, 0.29) is 17.0 Å². The number of rotatable bonds is 7. The fraction of sp³-hybridized carbons (Fsp3) is 0.333. The monoisotopic (exact) mass is 335 g/mol. The molecule has 0 amide bonds. The van der Waals surface area contributed by atoms with Crippen LogP contribution in [-0.4, -0.2) is 38.3 Å². The molecule has 7 nitrogen and oxygen atoms in total. The molecule has 1 aromatic rings. The van der Waals surface area contributed by atoms with Gasteiger partial charge in [0.15, 0.2) is 0 Å². The van der Waals surface area contributed by atoms with Crippen LogP contribution >= 0.6 is 11.6 Å². The van der Waals surface area contributed by atoms with Crippen molar-refractivity contribution in [1.29, 1.82) is 0 Å². The molecule has 0 aliphatic heterocycles. The maximum Gasteiger partial charge on any atom is 0.326 e. The van der Waals surface area contributed by atoms with Gasteiger partial charge in [-0.25, -0.2) is 8.42 Å². The summed E-state index contributed by atoms with van der Waals surface area (Å²) in [6.07, 6.45) is -0.374. The van der Waals surface area contributed by atoms with Gasteiger partial charge >= 0.3 is 11.9 Å². The number of methoxy groups -OCH3 is 1. The molecule has 0 spiro atoms. The summed E-state index contributed by atoms with van der Waals surface area (Å²) in [4.78, 5) is 22.2. The third-order valence-electron chi connectivity index (χ3n) is 2.56. The molecule has 0 aliphatic carbocycles. The number of sulfonamides is 1. The highest BCUT2D eigenvalue weighted by Crippen LogP contribution is 2.23. The number of ether oxygens (including phenoxy) is 1. The fourth-order valence-corrected chi connectivity index (χ4v) is 2.90. The highest BCUT2D eigenvalue weighted by molar-refractivity contribution is 7.89. The van der Waals surface area contributed by atoms with Crippen molar-refractivity contribution in [3.63, 3.8) is 0 Å². The van der Waals surface area contributed by atoms with Crippen molar-refractivity contribution in [2.45, 2.75) is 12.5 Å². The van der Waals surface area contributed by atoms with Crippen molar-refractivity contribution >= 4 is 33.6 Å². The van der Waals surface area contributed by atoms with Crippen LogP contribution in [0.2, 0.25) is 5.02 Å². The Kier molecular flexibility index (Phi) is 6.13. The summed E-state index contributed by atoms with van der Waals surface area (Å²) >= 11 is 5.87. The summed E-state index contributed by atoms with van der Waals surface area (Å²) in [6, 6.07) is 4.47. The number of benzene rings is 1. The normalized spacial score (nSPS) is 12.7. The summed E-state index contributed by atoms with van der Waals surface area (Å²) in [5.41, 5.74) is 0.119. The minimum Gasteiger partial charge on any atom is -0.480 e. The van der Waals surface area contributed by atoms with Gasteiger partial charge in [0.2, 0.25) is 10.0 Å². The average Bonchev–Trinajstić information content (AvgIpc) is 2.43. The molecular weight excluding hydrogens is 322 g/mol. The number of nitrogens with one attached hydrogen (secondary N) is 1. The molecule has 0 fully saturated rings. The van der Waals surface area contributed by atoms with Crippen LogP contribution in [0.15, 0.2) is 24.3 Å². The van der Waals surface area contributed by atoms with Crippen LogP contribution in [0.1, 0.15) is 18.0 Å². The van der Waals surface area contributed by atoms with Crippen LogP contribution in [0.5, 0.6) is 0 Å². The van der Waals surface area contributed by atoms with Crippen molar-refractivity contribution in [3.8, 4) is 0 Å². The fourth-order valence-electron chi connectivity index (χ4n) is 1.51. The summed E-state index contributed by atoms with van der Waals surface area (Å²) in [6.45, 7) is 0. The molecule has 1 atom stereocenters. The zero-order valence-corrected chi connectivity index (χ0v) is 12.6. The van der Waals surface area contributed by atoms with Crippen molar-refractivity contribution in [3.05, 3.63) is 34.9 Å². The van der Waals surface area contributed by atoms with Gasteiger partial charge in [0.25, 0.3) is 0 Å². The van der Waals surface area contributed by atoms with Gasteiger partial charge in [-0.2, -0.15) is 4.72 Å². The van der Waals surface area contributed by atoms with E-state index in [2.05, 4.69) is 4.74 Å². The number of aliphatic carboxylic acids is 1. The van der Waals surface area contributed by atoms with Crippen molar-refractivity contribution in [1.82, 2.24) is 4.72 Å². The Hall–Kier alpha value is -1.64. The SMILES string of the molecule is COC(=O)CCS(=O)(=O)N[C@@H](C(=O)O)c1ccccc1Cl. The molecule has 21 heavy (non-hydrogen) atoms. The maximum absolute atomic E-state index is 11.8. The van der Waals surface area contributed by atoms with Crippen LogP contribution in [-0.2, 0) is 24.3 Å². The van der Waals surface area contributed by atoms with E-state index in [0.29, 0.717) is 0 Å². The lowest BCUT2D eigenvalue weighted by molar-refractivity contribution is -0.140. The van der Waals surface area contributed by atoms with E-state index >= 15 is 0 Å². The van der Waals surface area contributed by atoms with E-state index in [1.807, 2.05) is 4.72 Å². The highest BCUT2D eigenvalue weighted by Gasteiger charge is 2.27. The minimum atomic E-state index is -3.99. The predicted octanol–water partition coefficient (Wildman–Crippen LogP) is 0.948. The number of carboxylic acid groups (broad SMARTS) is 1. The second-order valence-corrected chi connectivity index (χ2v) is 6.34. The molecule has 9 heteroatoms. The summed E-state index contributed by atoms with van der Waals surface area (Å²) in [7, 11) is -2.86. The van der Waals surface area contributed by atoms with Gasteiger partial charge < -0.3 is 9.84 Å². The minimum absolute atomic E-state index is 0.119. The van der Waals surface area contributed by atoms with Gasteiger partial charge in [-0.15, -0.1) is 0 Å². The Bertz CT molecular complexity index is 630. The molecule has 0 heterocycles. The van der Waals surface area contributed by atoms with Crippen LogP contribution in [0.4, 0.5) is 0 Å². The van der Waals surface area contributed by atoms with E-state index in [4.69, 9.17) is 16.7 Å². The Balaban J connectivity index is 2.92. The van der Waals surface area contributed by atoms with Gasteiger partial charge in [0.1, 0.15) is 6.04 Å². The van der Waals surface area contributed by atoms with E-state index in [9.17, 15) is 18.0 Å². The summed E-state index contributed by atoms with van der Waals surface area (Å²) in [5, 5.41) is 9.29. The standard InChI is InChI=1S/C12H14ClNO6S/c1-20-10(15)6-7-21(18,19)14-11(12(16)17)8-4-2-3-5-9(8)13/h2-5,11,14H,6-7H2,1H3,(H,16,17)/t11-/m1/s1. The number of esters is 1. The maximum atomic E-state index is 11.8. The second-order valence-electron chi connectivity index (χ2n) is 4.06. The molecule has 0 unspecified atom stereocenters.